The van der Waals surface area contributed by atoms with Crippen molar-refractivity contribution in [1.82, 2.24) is 0 Å². The SMILES string of the molecule is [2H]c1c([2H])c([2H])c(-c2c([2H])c([2H])c(-c3c([2H])c([2H])c(N(c4c([2H])c([2H])c([2H])c(-c5c([2H])c([2H])c([2H])c6c([2H])c([2H])c([2H])c([2H])c56)c4[2H])c4c([2H])c([2H])c(-c5c([2H])c([2H])c6c([2H])c([2H])c([2H])c([2H])c6c5[2H])c5oc6c([2H])c([2H])c([2H])c([2H])c6c45)c([2H])c3[2H])c([2H])c2[2H])c([2H])c1[2H]. The monoisotopic (exact) mass is 777 g/mol. The lowest BCUT2D eigenvalue weighted by atomic mass is 9.96. The van der Waals surface area contributed by atoms with E-state index in [4.69, 9.17) is 33.2 Å². The summed E-state index contributed by atoms with van der Waals surface area (Å²) < 4.78 is 343. The van der Waals surface area contributed by atoms with Gasteiger partial charge in [-0.15, -0.1) is 0 Å². The molecule has 0 saturated heterocycles. The van der Waals surface area contributed by atoms with E-state index in [1.165, 1.54) is 0 Å². The molecule has 0 bridgehead atoms. The average Bonchev–Trinajstić information content (AvgIpc) is 1.69. The number of rotatable bonds is 7. The zero-order valence-corrected chi connectivity index (χ0v) is 28.9. The van der Waals surface area contributed by atoms with E-state index in [2.05, 4.69) is 0 Å². The number of anilines is 3. The first-order valence-corrected chi connectivity index (χ1v) is 16.8. The summed E-state index contributed by atoms with van der Waals surface area (Å²) in [7, 11) is 0. The van der Waals surface area contributed by atoms with Crippen molar-refractivity contribution < 1.29 is 55.1 Å². The Bertz CT molecular complexity index is 5370. The van der Waals surface area contributed by atoms with Gasteiger partial charge in [0.15, 0.2) is 0 Å². The summed E-state index contributed by atoms with van der Waals surface area (Å²) in [6.07, 6.45) is 0. The maximum absolute atomic E-state index is 10.2. The van der Waals surface area contributed by atoms with Crippen molar-refractivity contribution in [2.75, 3.05) is 4.90 Å². The number of hydrogen-bond acceptors (Lipinski definition) is 2. The fraction of sp³-hybridized carbons (Fsp3) is 0. The molecule has 0 aliphatic carbocycles. The minimum atomic E-state index is -1.44. The molecule has 2 heteroatoms. The predicted molar refractivity (Wildman–Crippen MR) is 245 cm³/mol. The summed E-state index contributed by atoms with van der Waals surface area (Å²) in [6.45, 7) is 0. The van der Waals surface area contributed by atoms with Gasteiger partial charge in [0.1, 0.15) is 11.2 Å². The highest BCUT2D eigenvalue weighted by Crippen LogP contribution is 2.47. The van der Waals surface area contributed by atoms with Gasteiger partial charge in [0.05, 0.1) is 61.8 Å². The molecule has 2 nitrogen and oxygen atoms in total. The summed E-state index contributed by atoms with van der Waals surface area (Å²) >= 11 is 0. The van der Waals surface area contributed by atoms with E-state index < -0.39 is 329 Å². The Kier molecular flexibility index (Phi) is 3.15. The second-order valence-corrected chi connectivity index (χ2v) is 12.0. The van der Waals surface area contributed by atoms with Crippen LogP contribution in [0.4, 0.5) is 17.1 Å². The zero-order chi connectivity index (χ0) is 70.6. The van der Waals surface area contributed by atoms with Gasteiger partial charge in [-0.25, -0.2) is 0 Å². The van der Waals surface area contributed by atoms with Crippen LogP contribution < -0.4 is 4.90 Å². The summed E-state index contributed by atoms with van der Waals surface area (Å²) in [5.74, 6) is 0. The molecule has 0 unspecified atom stereocenters. The van der Waals surface area contributed by atoms with E-state index in [1.54, 1.807) is 0 Å². The molecule has 0 spiro atoms. The van der Waals surface area contributed by atoms with Crippen molar-refractivity contribution in [3.8, 4) is 44.5 Å². The van der Waals surface area contributed by atoms with Gasteiger partial charge in [-0.1, -0.05) is 175 Å². The number of benzene rings is 10. The molecule has 0 radical (unpaired) electrons. The van der Waals surface area contributed by atoms with Gasteiger partial charge in [0, 0.05) is 22.3 Å². The zero-order valence-electron chi connectivity index (χ0n) is 65.9. The Labute approximate surface area is 389 Å². The van der Waals surface area contributed by atoms with Gasteiger partial charge in [-0.05, 0) is 109 Å². The molecule has 1 heterocycles. The third-order valence-corrected chi connectivity index (χ3v) is 8.69. The Balaban J connectivity index is 1.39. The quantitative estimate of drug-likeness (QED) is 0.160. The van der Waals surface area contributed by atoms with Crippen molar-refractivity contribution in [3.05, 3.63) is 224 Å². The van der Waals surface area contributed by atoms with Gasteiger partial charge in [-0.3, -0.25) is 0 Å². The van der Waals surface area contributed by atoms with Crippen molar-refractivity contribution in [3.63, 3.8) is 0 Å². The minimum Gasteiger partial charge on any atom is -0.455 e. The second kappa shape index (κ2) is 14.1. The van der Waals surface area contributed by atoms with E-state index in [1.807, 2.05) is 0 Å². The maximum atomic E-state index is 10.2. The van der Waals surface area contributed by atoms with E-state index in [0.717, 1.165) is 0 Å². The number of nitrogens with zero attached hydrogens (tertiary/aromatic N) is 1. The van der Waals surface area contributed by atoms with E-state index >= 15 is 0 Å². The molecule has 0 saturated carbocycles. The standard InChI is InChI=1S/C56H37NO/c1-2-12-38(13-3-1)40-24-26-41(27-25-40)42-30-32-47(33-31-42)57(48-19-10-18-45(37-48)50-22-11-17-43-15-6-7-20-49(43)50)53-35-34-51(46-29-28-39-14-4-5-16-44(39)36-46)56-55(53)52-21-8-9-23-54(52)58-56/h1-37H/i1D,2D,3D,4D,5D,6D,7D,8D,9D,10D,11D,12D,13D,14D,15D,16D,17D,18D,19D,20D,21D,22D,23D,24D,25D,26D,27D,28D,29D,30D,31D,32D,33D,34D,35D,36D,37D. The van der Waals surface area contributed by atoms with Crippen molar-refractivity contribution in [1.29, 1.82) is 0 Å². The molecule has 58 heavy (non-hydrogen) atoms. The molecule has 0 amide bonds. The second-order valence-electron chi connectivity index (χ2n) is 12.0. The third-order valence-electron chi connectivity index (χ3n) is 8.69. The first-order valence-electron chi connectivity index (χ1n) is 35.3. The molecule has 11 aromatic rings. The molecule has 0 atom stereocenters. The number of hydrogen-bond donors (Lipinski definition) is 0. The third kappa shape index (κ3) is 5.91. The molecular weight excluding hydrogens is 703 g/mol. The molecule has 0 aliphatic heterocycles. The molecule has 0 N–H and O–H groups in total. The first kappa shape index (κ1) is 12.9. The summed E-state index contributed by atoms with van der Waals surface area (Å²) in [4.78, 5) is 0.285. The fourth-order valence-corrected chi connectivity index (χ4v) is 6.10. The number of para-hydroxylation sites is 1. The van der Waals surface area contributed by atoms with Crippen molar-refractivity contribution >= 4 is 60.5 Å². The molecule has 272 valence electrons. The Morgan fingerprint density at radius 2 is 0.914 bits per heavy atom. The highest BCUT2D eigenvalue weighted by atomic mass is 16.3. The highest BCUT2D eigenvalue weighted by molar-refractivity contribution is 6.17. The lowest BCUT2D eigenvalue weighted by Crippen LogP contribution is -2.10. The molecule has 1 aromatic heterocycles. The minimum absolute atomic E-state index is 0.285. The highest BCUT2D eigenvalue weighted by Gasteiger charge is 2.23. The van der Waals surface area contributed by atoms with Gasteiger partial charge in [0.2, 0.25) is 0 Å². The Morgan fingerprint density at radius 3 is 1.71 bits per heavy atom. The lowest BCUT2D eigenvalue weighted by Gasteiger charge is -2.27. The van der Waals surface area contributed by atoms with Crippen LogP contribution in [0.2, 0.25) is 0 Å². The predicted octanol–water partition coefficient (Wildman–Crippen LogP) is 16.0. The van der Waals surface area contributed by atoms with Gasteiger partial charge in [0.25, 0.3) is 0 Å². The Morgan fingerprint density at radius 1 is 0.345 bits per heavy atom. The van der Waals surface area contributed by atoms with Crippen LogP contribution >= 0.6 is 0 Å². The van der Waals surface area contributed by atoms with E-state index in [9.17, 15) is 21.9 Å². The van der Waals surface area contributed by atoms with Crippen LogP contribution in [0.1, 0.15) is 50.7 Å². The summed E-state index contributed by atoms with van der Waals surface area (Å²) in [5, 5.41) is -4.75. The Hall–Kier alpha value is -7.68. The van der Waals surface area contributed by atoms with Crippen molar-refractivity contribution in [2.45, 2.75) is 0 Å². The lowest BCUT2D eigenvalue weighted by molar-refractivity contribution is 0.670. The summed E-state index contributed by atoms with van der Waals surface area (Å²) in [5.41, 5.74) is -13.4. The van der Waals surface area contributed by atoms with Crippen LogP contribution in [0.25, 0.3) is 88.0 Å². The van der Waals surface area contributed by atoms with Crippen LogP contribution in [0, 0.1) is 0 Å². The average molecular weight is 777 g/mol. The summed E-state index contributed by atoms with van der Waals surface area (Å²) in [6, 6.07) is -41.1. The molecule has 0 aliphatic rings. The normalized spacial score (nSPS) is 20.4. The van der Waals surface area contributed by atoms with Crippen molar-refractivity contribution in [2.24, 2.45) is 0 Å². The van der Waals surface area contributed by atoms with E-state index in [0.29, 0.717) is 0 Å². The smallest absolute Gasteiger partial charge is 0.145 e. The maximum Gasteiger partial charge on any atom is 0.145 e. The van der Waals surface area contributed by atoms with Crippen LogP contribution in [0.15, 0.2) is 228 Å². The molecule has 0 fully saturated rings. The van der Waals surface area contributed by atoms with Gasteiger partial charge >= 0.3 is 0 Å². The van der Waals surface area contributed by atoms with Crippen LogP contribution in [-0.2, 0) is 0 Å². The number of furan rings is 1. The first-order chi connectivity index (χ1) is 44.2. The molecule has 10 aromatic carbocycles. The topological polar surface area (TPSA) is 16.4 Å². The molecule has 11 rings (SSSR count). The largest absolute Gasteiger partial charge is 0.455 e. The fourth-order valence-electron chi connectivity index (χ4n) is 6.10. The van der Waals surface area contributed by atoms with Crippen LogP contribution in [-0.4, -0.2) is 0 Å². The van der Waals surface area contributed by atoms with Crippen LogP contribution in [0.5, 0.6) is 0 Å². The van der Waals surface area contributed by atoms with E-state index in [-0.39, 0.29) is 4.90 Å². The number of fused-ring (bicyclic) bond motifs is 5. The van der Waals surface area contributed by atoms with Gasteiger partial charge < -0.3 is 9.32 Å². The molecular formula is C56H37NO. The van der Waals surface area contributed by atoms with Gasteiger partial charge in [-0.2, -0.15) is 0 Å². The van der Waals surface area contributed by atoms with Crippen LogP contribution in [0.3, 0.4) is 0 Å².